The number of anilines is 1. The Morgan fingerprint density at radius 3 is 2.87 bits per heavy atom. The number of hydrogen-bond acceptors (Lipinski definition) is 6. The van der Waals surface area contributed by atoms with E-state index in [0.29, 0.717) is 18.0 Å². The van der Waals surface area contributed by atoms with Crippen LogP contribution in [0, 0.1) is 0 Å². The Morgan fingerprint density at radius 1 is 1.27 bits per heavy atom. The summed E-state index contributed by atoms with van der Waals surface area (Å²) in [4.78, 5) is 22.2. The van der Waals surface area contributed by atoms with Crippen LogP contribution in [0.15, 0.2) is 48.9 Å². The van der Waals surface area contributed by atoms with Gasteiger partial charge in [-0.25, -0.2) is 9.97 Å². The van der Waals surface area contributed by atoms with E-state index >= 15 is 0 Å². The van der Waals surface area contributed by atoms with E-state index in [4.69, 9.17) is 11.6 Å². The molecule has 7 nitrogen and oxygen atoms in total. The Kier molecular flexibility index (Phi) is 4.80. The molecule has 5 rings (SSSR count). The number of hydrogen-bond donors (Lipinski definition) is 3. The molecule has 0 spiro atoms. The minimum atomic E-state index is -0.246. The van der Waals surface area contributed by atoms with Gasteiger partial charge in [-0.05, 0) is 37.1 Å². The van der Waals surface area contributed by atoms with E-state index in [0.717, 1.165) is 33.3 Å². The summed E-state index contributed by atoms with van der Waals surface area (Å²) in [5.74, 6) is 0.351. The summed E-state index contributed by atoms with van der Waals surface area (Å²) in [7, 11) is 0. The zero-order valence-electron chi connectivity index (χ0n) is 15.8. The fourth-order valence-corrected chi connectivity index (χ4v) is 4.28. The third kappa shape index (κ3) is 3.71. The lowest BCUT2D eigenvalue weighted by Gasteiger charge is -2.09. The molecule has 1 aliphatic carbocycles. The number of benzene rings is 1. The van der Waals surface area contributed by atoms with Gasteiger partial charge in [-0.3, -0.25) is 9.20 Å². The van der Waals surface area contributed by atoms with Crippen molar-refractivity contribution in [2.45, 2.75) is 25.4 Å². The molecule has 0 bridgehead atoms. The fourth-order valence-electron chi connectivity index (χ4n) is 3.25. The van der Waals surface area contributed by atoms with Crippen molar-refractivity contribution in [3.63, 3.8) is 0 Å². The predicted molar refractivity (Wildman–Crippen MR) is 117 cm³/mol. The maximum absolute atomic E-state index is 12.2. The van der Waals surface area contributed by atoms with Gasteiger partial charge in [0, 0.05) is 28.9 Å². The van der Waals surface area contributed by atoms with Crippen molar-refractivity contribution in [3.05, 3.63) is 63.7 Å². The Morgan fingerprint density at radius 2 is 2.13 bits per heavy atom. The molecule has 1 fully saturated rings. The maximum atomic E-state index is 12.2. The molecule has 0 saturated heterocycles. The molecule has 152 valence electrons. The zero-order chi connectivity index (χ0) is 20.7. The molecule has 0 unspecified atom stereocenters. The first kappa shape index (κ1) is 18.9. The number of thiophene rings is 1. The smallest absolute Gasteiger partial charge is 0.255 e. The number of aromatic nitrogens is 3. The summed E-state index contributed by atoms with van der Waals surface area (Å²) in [5.41, 5.74) is 2.49. The van der Waals surface area contributed by atoms with Crippen LogP contribution in [0.3, 0.4) is 0 Å². The predicted octanol–water partition coefficient (Wildman–Crippen LogP) is 4.32. The van der Waals surface area contributed by atoms with Gasteiger partial charge in [-0.2, -0.15) is 0 Å². The molecule has 0 radical (unpaired) electrons. The number of phenols is 1. The first-order valence-corrected chi connectivity index (χ1v) is 10.7. The van der Waals surface area contributed by atoms with Gasteiger partial charge in [0.25, 0.3) is 5.91 Å². The zero-order valence-corrected chi connectivity index (χ0v) is 17.4. The normalized spacial score (nSPS) is 13.5. The summed E-state index contributed by atoms with van der Waals surface area (Å²) >= 11 is 7.51. The molecular formula is C21H18ClN5O2S. The lowest BCUT2D eigenvalue weighted by Crippen LogP contribution is -2.25. The highest BCUT2D eigenvalue weighted by Crippen LogP contribution is 2.29. The van der Waals surface area contributed by atoms with E-state index < -0.39 is 0 Å². The third-order valence-corrected chi connectivity index (χ3v) is 6.17. The first-order valence-electron chi connectivity index (χ1n) is 9.53. The average molecular weight is 440 g/mol. The number of nitrogens with one attached hydrogen (secondary N) is 2. The molecule has 0 atom stereocenters. The molecule has 0 aliphatic heterocycles. The number of nitrogens with zero attached hydrogens (tertiary/aromatic N) is 3. The van der Waals surface area contributed by atoms with Gasteiger partial charge < -0.3 is 15.7 Å². The highest BCUT2D eigenvalue weighted by Gasteiger charge is 2.25. The summed E-state index contributed by atoms with van der Waals surface area (Å²) in [6.07, 6.45) is 7.23. The largest absolute Gasteiger partial charge is 0.507 e. The van der Waals surface area contributed by atoms with Gasteiger partial charge in [-0.15, -0.1) is 11.3 Å². The molecule has 30 heavy (non-hydrogen) atoms. The van der Waals surface area contributed by atoms with E-state index in [1.165, 1.54) is 11.3 Å². The van der Waals surface area contributed by atoms with Crippen molar-refractivity contribution in [2.24, 2.45) is 0 Å². The van der Waals surface area contributed by atoms with Crippen LogP contribution in [-0.4, -0.2) is 31.4 Å². The number of carbonyl (C=O) groups is 1. The molecule has 4 aromatic rings. The molecule has 1 aliphatic rings. The highest BCUT2D eigenvalue weighted by atomic mass is 35.5. The van der Waals surface area contributed by atoms with Crippen molar-refractivity contribution in [3.8, 4) is 17.0 Å². The molecule has 3 heterocycles. The van der Waals surface area contributed by atoms with E-state index in [1.54, 1.807) is 24.5 Å². The first-order chi connectivity index (χ1) is 14.6. The van der Waals surface area contributed by atoms with Crippen LogP contribution in [0.1, 0.15) is 28.1 Å². The van der Waals surface area contributed by atoms with Gasteiger partial charge in [0.2, 0.25) is 0 Å². The van der Waals surface area contributed by atoms with Crippen LogP contribution in [0.25, 0.3) is 16.9 Å². The number of halogens is 1. The van der Waals surface area contributed by atoms with Crippen LogP contribution in [0.2, 0.25) is 4.34 Å². The standard InChI is InChI=1S/C21H18ClN5O2S/c22-18-6-4-14(30-18)10-24-19-20-25-11-16(27(20)8-7-23-19)12-1-5-15(17(28)9-12)21(29)26-13-2-3-13/h1,4-9,11,13,28H,2-3,10H2,(H,23,24)(H,26,29). The Balaban J connectivity index is 1.42. The summed E-state index contributed by atoms with van der Waals surface area (Å²) in [6, 6.07) is 9.12. The Bertz CT molecular complexity index is 1250. The molecule has 3 aromatic heterocycles. The second-order valence-corrected chi connectivity index (χ2v) is 8.95. The fraction of sp³-hybridized carbons (Fsp3) is 0.190. The van der Waals surface area contributed by atoms with Gasteiger partial charge in [0.1, 0.15) is 5.75 Å². The van der Waals surface area contributed by atoms with E-state index in [-0.39, 0.29) is 23.3 Å². The van der Waals surface area contributed by atoms with Crippen LogP contribution < -0.4 is 10.6 Å². The van der Waals surface area contributed by atoms with Gasteiger partial charge in [-0.1, -0.05) is 17.7 Å². The average Bonchev–Trinajstić information content (AvgIpc) is 3.28. The SMILES string of the molecule is O=C(NC1CC1)c1ccc(-c2cnc3c(NCc4ccc(Cl)s4)nccn23)cc1O. The number of phenolic OH excluding ortho intramolecular Hbond substituents is 1. The number of fused-ring (bicyclic) bond motifs is 1. The van der Waals surface area contributed by atoms with Crippen molar-refractivity contribution < 1.29 is 9.90 Å². The monoisotopic (exact) mass is 439 g/mol. The van der Waals surface area contributed by atoms with Crippen molar-refractivity contribution in [1.29, 1.82) is 0 Å². The van der Waals surface area contributed by atoms with E-state index in [9.17, 15) is 9.90 Å². The number of aromatic hydroxyl groups is 1. The van der Waals surface area contributed by atoms with Crippen LogP contribution in [0.4, 0.5) is 5.82 Å². The minimum Gasteiger partial charge on any atom is -0.507 e. The number of carbonyl (C=O) groups excluding carboxylic acids is 1. The summed E-state index contributed by atoms with van der Waals surface area (Å²) < 4.78 is 2.64. The van der Waals surface area contributed by atoms with Gasteiger partial charge >= 0.3 is 0 Å². The van der Waals surface area contributed by atoms with Gasteiger partial charge in [0.05, 0.1) is 28.3 Å². The maximum Gasteiger partial charge on any atom is 0.255 e. The van der Waals surface area contributed by atoms with Crippen molar-refractivity contribution in [2.75, 3.05) is 5.32 Å². The third-order valence-electron chi connectivity index (χ3n) is 4.94. The number of amides is 1. The van der Waals surface area contributed by atoms with Gasteiger partial charge in [0.15, 0.2) is 11.5 Å². The minimum absolute atomic E-state index is 0.0532. The molecular weight excluding hydrogens is 422 g/mol. The lowest BCUT2D eigenvalue weighted by atomic mass is 10.1. The van der Waals surface area contributed by atoms with E-state index in [2.05, 4.69) is 20.6 Å². The Labute approximate surface area is 181 Å². The molecule has 3 N–H and O–H groups in total. The lowest BCUT2D eigenvalue weighted by molar-refractivity contribution is 0.0948. The quantitative estimate of drug-likeness (QED) is 0.416. The van der Waals surface area contributed by atoms with Crippen LogP contribution in [-0.2, 0) is 6.54 Å². The topological polar surface area (TPSA) is 91.5 Å². The molecule has 9 heteroatoms. The number of imidazole rings is 1. The molecule has 1 saturated carbocycles. The second-order valence-electron chi connectivity index (χ2n) is 7.15. The van der Waals surface area contributed by atoms with Crippen LogP contribution in [0.5, 0.6) is 5.75 Å². The second kappa shape index (κ2) is 7.62. The van der Waals surface area contributed by atoms with Crippen molar-refractivity contribution >= 4 is 40.3 Å². The van der Waals surface area contributed by atoms with Crippen molar-refractivity contribution in [1.82, 2.24) is 19.7 Å². The summed E-state index contributed by atoms with van der Waals surface area (Å²) in [6.45, 7) is 0.595. The van der Waals surface area contributed by atoms with E-state index in [1.807, 2.05) is 28.8 Å². The highest BCUT2D eigenvalue weighted by molar-refractivity contribution is 7.16. The molecule has 1 amide bonds. The number of rotatable bonds is 6. The van der Waals surface area contributed by atoms with Crippen LogP contribution >= 0.6 is 22.9 Å². The Hall–Kier alpha value is -3.10. The summed E-state index contributed by atoms with van der Waals surface area (Å²) in [5, 5.41) is 16.6. The molecule has 1 aromatic carbocycles.